The zero-order valence-electron chi connectivity index (χ0n) is 11.5. The van der Waals surface area contributed by atoms with E-state index < -0.39 is 11.9 Å². The third kappa shape index (κ3) is 2.58. The molecule has 1 aromatic heterocycles. The van der Waals surface area contributed by atoms with Gasteiger partial charge in [-0.3, -0.25) is 0 Å². The van der Waals surface area contributed by atoms with Gasteiger partial charge >= 0.3 is 0 Å². The Hall–Kier alpha value is -2.46. The number of pyridine rings is 1. The van der Waals surface area contributed by atoms with Gasteiger partial charge in [0.2, 0.25) is 0 Å². The topological polar surface area (TPSA) is 42.4 Å². The summed E-state index contributed by atoms with van der Waals surface area (Å²) in [5, 5.41) is 11.4. The minimum atomic E-state index is -0.977. The quantitative estimate of drug-likeness (QED) is 0.800. The van der Waals surface area contributed by atoms with E-state index in [-0.39, 0.29) is 5.75 Å². The number of para-hydroxylation sites is 1. The Balaban J connectivity index is 1.99. The highest BCUT2D eigenvalue weighted by Crippen LogP contribution is 2.26. The summed E-state index contributed by atoms with van der Waals surface area (Å²) in [4.78, 5) is 4.42. The van der Waals surface area contributed by atoms with Gasteiger partial charge in [0.1, 0.15) is 6.10 Å². The molecule has 4 heteroatoms. The van der Waals surface area contributed by atoms with Gasteiger partial charge in [-0.25, -0.2) is 9.37 Å². The van der Waals surface area contributed by atoms with E-state index in [1.165, 1.54) is 19.2 Å². The maximum atomic E-state index is 13.7. The van der Waals surface area contributed by atoms with Crippen LogP contribution in [0.5, 0.6) is 5.75 Å². The van der Waals surface area contributed by atoms with Crippen molar-refractivity contribution in [1.29, 1.82) is 0 Å². The first-order valence-corrected chi connectivity index (χ1v) is 6.56. The smallest absolute Gasteiger partial charge is 0.165 e. The van der Waals surface area contributed by atoms with Crippen LogP contribution in [-0.2, 0) is 0 Å². The van der Waals surface area contributed by atoms with Crippen LogP contribution in [0.15, 0.2) is 54.6 Å². The summed E-state index contributed by atoms with van der Waals surface area (Å²) in [7, 11) is 1.40. The summed E-state index contributed by atoms with van der Waals surface area (Å²) < 4.78 is 18.6. The fourth-order valence-corrected chi connectivity index (χ4v) is 2.26. The highest BCUT2D eigenvalue weighted by Gasteiger charge is 2.15. The Morgan fingerprint density at radius 3 is 2.67 bits per heavy atom. The van der Waals surface area contributed by atoms with Crippen LogP contribution in [0.3, 0.4) is 0 Å². The fourth-order valence-electron chi connectivity index (χ4n) is 2.26. The van der Waals surface area contributed by atoms with Crippen molar-refractivity contribution in [2.24, 2.45) is 0 Å². The number of aliphatic hydroxyl groups excluding tert-OH is 1. The number of aliphatic hydroxyl groups is 1. The Kier molecular flexibility index (Phi) is 3.54. The van der Waals surface area contributed by atoms with Gasteiger partial charge in [0.15, 0.2) is 11.6 Å². The van der Waals surface area contributed by atoms with Crippen molar-refractivity contribution in [2.75, 3.05) is 7.11 Å². The van der Waals surface area contributed by atoms with E-state index in [1.807, 2.05) is 30.3 Å². The van der Waals surface area contributed by atoms with Crippen LogP contribution in [-0.4, -0.2) is 17.2 Å². The van der Waals surface area contributed by atoms with Gasteiger partial charge < -0.3 is 9.84 Å². The van der Waals surface area contributed by atoms with Crippen molar-refractivity contribution in [1.82, 2.24) is 4.98 Å². The number of nitrogens with zero attached hydrogens (tertiary/aromatic N) is 1. The van der Waals surface area contributed by atoms with Gasteiger partial charge in [-0.15, -0.1) is 0 Å². The van der Waals surface area contributed by atoms with E-state index >= 15 is 0 Å². The van der Waals surface area contributed by atoms with Gasteiger partial charge in [0.25, 0.3) is 0 Å². The molecule has 21 heavy (non-hydrogen) atoms. The van der Waals surface area contributed by atoms with E-state index in [2.05, 4.69) is 4.98 Å². The number of aromatic nitrogens is 1. The molecule has 2 aromatic carbocycles. The van der Waals surface area contributed by atoms with E-state index in [1.54, 1.807) is 12.1 Å². The van der Waals surface area contributed by atoms with E-state index in [0.717, 1.165) is 10.9 Å². The summed E-state index contributed by atoms with van der Waals surface area (Å²) in [6, 6.07) is 15.7. The summed E-state index contributed by atoms with van der Waals surface area (Å²) >= 11 is 0. The molecule has 1 atom stereocenters. The number of ether oxygens (including phenoxy) is 1. The highest BCUT2D eigenvalue weighted by molar-refractivity contribution is 5.78. The molecule has 1 heterocycles. The zero-order chi connectivity index (χ0) is 14.8. The number of hydrogen-bond donors (Lipinski definition) is 1. The van der Waals surface area contributed by atoms with Gasteiger partial charge in [-0.05, 0) is 29.8 Å². The second kappa shape index (κ2) is 5.50. The maximum absolute atomic E-state index is 13.7. The number of halogens is 1. The molecule has 0 amide bonds. The van der Waals surface area contributed by atoms with Crippen LogP contribution in [0.1, 0.15) is 17.4 Å². The third-order valence-corrected chi connectivity index (χ3v) is 3.39. The molecule has 0 aliphatic carbocycles. The van der Waals surface area contributed by atoms with Crippen LogP contribution in [0.25, 0.3) is 10.9 Å². The maximum Gasteiger partial charge on any atom is 0.165 e. The van der Waals surface area contributed by atoms with Crippen molar-refractivity contribution >= 4 is 10.9 Å². The summed E-state index contributed by atoms with van der Waals surface area (Å²) in [6.07, 6.45) is -0.977. The van der Waals surface area contributed by atoms with Crippen molar-refractivity contribution in [3.8, 4) is 5.75 Å². The zero-order valence-corrected chi connectivity index (χ0v) is 11.5. The van der Waals surface area contributed by atoms with Crippen LogP contribution >= 0.6 is 0 Å². The second-order valence-corrected chi connectivity index (χ2v) is 4.73. The normalized spacial score (nSPS) is 12.3. The molecule has 1 unspecified atom stereocenters. The molecule has 0 aliphatic heterocycles. The monoisotopic (exact) mass is 283 g/mol. The Morgan fingerprint density at radius 1 is 1.10 bits per heavy atom. The molecule has 3 aromatic rings. The first-order valence-electron chi connectivity index (χ1n) is 6.56. The van der Waals surface area contributed by atoms with Gasteiger partial charge in [-0.1, -0.05) is 30.3 Å². The fraction of sp³-hybridized carbons (Fsp3) is 0.118. The van der Waals surface area contributed by atoms with Crippen molar-refractivity contribution in [3.05, 3.63) is 71.7 Å². The summed E-state index contributed by atoms with van der Waals surface area (Å²) in [6.45, 7) is 0. The predicted octanol–water partition coefficient (Wildman–Crippen LogP) is 3.46. The molecule has 0 saturated heterocycles. The molecule has 0 radical (unpaired) electrons. The van der Waals surface area contributed by atoms with Crippen molar-refractivity contribution in [3.63, 3.8) is 0 Å². The Labute approximate surface area is 121 Å². The molecule has 0 fully saturated rings. The summed E-state index contributed by atoms with van der Waals surface area (Å²) in [5.41, 5.74) is 1.72. The molecule has 3 rings (SSSR count). The molecule has 0 spiro atoms. The Morgan fingerprint density at radius 2 is 1.90 bits per heavy atom. The lowest BCUT2D eigenvalue weighted by atomic mass is 10.0. The molecular weight excluding hydrogens is 269 g/mol. The lowest BCUT2D eigenvalue weighted by Crippen LogP contribution is -2.03. The minimum absolute atomic E-state index is 0.150. The highest BCUT2D eigenvalue weighted by atomic mass is 19.1. The second-order valence-electron chi connectivity index (χ2n) is 4.73. The standard InChI is InChI=1S/C17H14FNO2/c1-21-16-9-7-12(10-13(16)18)17(20)15-8-6-11-4-2-3-5-14(11)19-15/h2-10,17,20H,1H3. The molecule has 0 bridgehead atoms. The lowest BCUT2D eigenvalue weighted by Gasteiger charge is -2.12. The van der Waals surface area contributed by atoms with Crippen LogP contribution < -0.4 is 4.74 Å². The Bertz CT molecular complexity index is 789. The first-order chi connectivity index (χ1) is 10.2. The van der Waals surface area contributed by atoms with Crippen molar-refractivity contribution in [2.45, 2.75) is 6.10 Å². The molecule has 3 nitrogen and oxygen atoms in total. The molecule has 0 aliphatic rings. The van der Waals surface area contributed by atoms with Gasteiger partial charge in [0, 0.05) is 5.39 Å². The predicted molar refractivity (Wildman–Crippen MR) is 78.8 cm³/mol. The van der Waals surface area contributed by atoms with Gasteiger partial charge in [0.05, 0.1) is 18.3 Å². The first kappa shape index (κ1) is 13.5. The van der Waals surface area contributed by atoms with Crippen LogP contribution in [0.2, 0.25) is 0 Å². The van der Waals surface area contributed by atoms with Crippen LogP contribution in [0.4, 0.5) is 4.39 Å². The number of methoxy groups -OCH3 is 1. The number of benzene rings is 2. The third-order valence-electron chi connectivity index (χ3n) is 3.39. The number of hydrogen-bond acceptors (Lipinski definition) is 3. The minimum Gasteiger partial charge on any atom is -0.494 e. The SMILES string of the molecule is COc1ccc(C(O)c2ccc3ccccc3n2)cc1F. The van der Waals surface area contributed by atoms with Gasteiger partial charge in [-0.2, -0.15) is 0 Å². The van der Waals surface area contributed by atoms with E-state index in [0.29, 0.717) is 11.3 Å². The molecule has 1 N–H and O–H groups in total. The number of fused-ring (bicyclic) bond motifs is 1. The molecule has 0 saturated carbocycles. The van der Waals surface area contributed by atoms with E-state index in [9.17, 15) is 9.50 Å². The molecule has 106 valence electrons. The van der Waals surface area contributed by atoms with Crippen LogP contribution in [0, 0.1) is 5.82 Å². The lowest BCUT2D eigenvalue weighted by molar-refractivity contribution is 0.215. The molecular formula is C17H14FNO2. The number of rotatable bonds is 3. The van der Waals surface area contributed by atoms with Crippen molar-refractivity contribution < 1.29 is 14.2 Å². The summed E-state index contributed by atoms with van der Waals surface area (Å²) in [5.74, 6) is -0.354. The van der Waals surface area contributed by atoms with E-state index in [4.69, 9.17) is 4.74 Å². The average molecular weight is 283 g/mol. The largest absolute Gasteiger partial charge is 0.494 e. The average Bonchev–Trinajstić information content (AvgIpc) is 2.53.